The monoisotopic (exact) mass is 381 g/mol. The minimum atomic E-state index is -0.326. The smallest absolute Gasteiger partial charge is 0.227 e. The quantitative estimate of drug-likeness (QED) is 0.805. The molecule has 0 saturated carbocycles. The van der Waals surface area contributed by atoms with E-state index in [1.165, 1.54) is 6.39 Å². The average Bonchev–Trinajstić information content (AvgIpc) is 3.09. The van der Waals surface area contributed by atoms with Gasteiger partial charge in [-0.25, -0.2) is 0 Å². The van der Waals surface area contributed by atoms with Crippen LogP contribution in [-0.4, -0.2) is 47.8 Å². The number of morpholine rings is 1. The average molecular weight is 382 g/mol. The molecule has 1 fully saturated rings. The Morgan fingerprint density at radius 2 is 2.39 bits per heavy atom. The summed E-state index contributed by atoms with van der Waals surface area (Å²) in [4.78, 5) is 18.5. The molecule has 7 nitrogen and oxygen atoms in total. The Kier molecular flexibility index (Phi) is 4.92. The molecule has 8 heteroatoms. The number of carbonyl (C=O) groups is 1. The summed E-state index contributed by atoms with van der Waals surface area (Å²) in [6.45, 7) is 1.35. The van der Waals surface area contributed by atoms with Crippen LogP contribution in [0.25, 0.3) is 0 Å². The van der Waals surface area contributed by atoms with Crippen molar-refractivity contribution in [3.63, 3.8) is 0 Å². The summed E-state index contributed by atoms with van der Waals surface area (Å²) in [6.07, 6.45) is 1.49. The third kappa shape index (κ3) is 3.53. The summed E-state index contributed by atoms with van der Waals surface area (Å²) in [6, 6.07) is 5.28. The third-order valence-electron chi connectivity index (χ3n) is 3.71. The van der Waals surface area contributed by atoms with E-state index in [9.17, 15) is 4.79 Å². The Hall–Kier alpha value is -1.93. The minimum Gasteiger partial charge on any atom is -0.496 e. The van der Waals surface area contributed by atoms with Crippen LogP contribution < -0.4 is 4.74 Å². The van der Waals surface area contributed by atoms with Crippen molar-refractivity contribution in [2.24, 2.45) is 0 Å². The van der Waals surface area contributed by atoms with Gasteiger partial charge in [-0.1, -0.05) is 21.1 Å². The van der Waals surface area contributed by atoms with Crippen molar-refractivity contribution in [3.05, 3.63) is 40.5 Å². The van der Waals surface area contributed by atoms with Crippen LogP contribution in [0.15, 0.2) is 33.6 Å². The minimum absolute atomic E-state index is 0.0282. The summed E-state index contributed by atoms with van der Waals surface area (Å²) in [5.41, 5.74) is 0.824. The molecule has 1 atom stereocenters. The zero-order valence-corrected chi connectivity index (χ0v) is 14.2. The van der Waals surface area contributed by atoms with Gasteiger partial charge in [-0.15, -0.1) is 0 Å². The summed E-state index contributed by atoms with van der Waals surface area (Å²) >= 11 is 3.42. The number of hydrogen-bond donors (Lipinski definition) is 0. The zero-order chi connectivity index (χ0) is 16.2. The van der Waals surface area contributed by atoms with Crippen LogP contribution in [0.4, 0.5) is 0 Å². The Morgan fingerprint density at radius 3 is 3.13 bits per heavy atom. The molecule has 0 unspecified atom stereocenters. The van der Waals surface area contributed by atoms with Crippen molar-refractivity contribution in [2.45, 2.75) is 12.5 Å². The highest BCUT2D eigenvalue weighted by atomic mass is 79.9. The molecule has 2 aromatic rings. The molecule has 1 amide bonds. The highest BCUT2D eigenvalue weighted by molar-refractivity contribution is 9.10. The van der Waals surface area contributed by atoms with Crippen LogP contribution in [0.1, 0.15) is 17.4 Å². The van der Waals surface area contributed by atoms with Gasteiger partial charge in [0.15, 0.2) is 5.82 Å². The largest absolute Gasteiger partial charge is 0.496 e. The van der Waals surface area contributed by atoms with Crippen molar-refractivity contribution in [2.75, 3.05) is 26.9 Å². The number of nitrogens with zero attached hydrogens (tertiary/aromatic N) is 3. The number of carbonyl (C=O) groups excluding carboxylic acids is 1. The first-order chi connectivity index (χ1) is 11.2. The lowest BCUT2D eigenvalue weighted by atomic mass is 10.1. The second kappa shape index (κ2) is 7.10. The van der Waals surface area contributed by atoms with Crippen LogP contribution in [0.5, 0.6) is 5.75 Å². The molecule has 1 aliphatic rings. The Labute approximate surface area is 141 Å². The van der Waals surface area contributed by atoms with E-state index < -0.39 is 0 Å². The Morgan fingerprint density at radius 1 is 1.52 bits per heavy atom. The van der Waals surface area contributed by atoms with Crippen molar-refractivity contribution < 1.29 is 18.8 Å². The molecule has 3 rings (SSSR count). The second-order valence-corrected chi connectivity index (χ2v) is 6.02. The second-order valence-electron chi connectivity index (χ2n) is 5.10. The fraction of sp³-hybridized carbons (Fsp3) is 0.400. The van der Waals surface area contributed by atoms with E-state index in [-0.39, 0.29) is 18.4 Å². The van der Waals surface area contributed by atoms with Crippen LogP contribution in [-0.2, 0) is 16.0 Å². The number of amides is 1. The van der Waals surface area contributed by atoms with Gasteiger partial charge in [0.25, 0.3) is 0 Å². The summed E-state index contributed by atoms with van der Waals surface area (Å²) in [5.74, 6) is 1.12. The first-order valence-corrected chi connectivity index (χ1v) is 7.94. The van der Waals surface area contributed by atoms with Crippen LogP contribution in [0.3, 0.4) is 0 Å². The van der Waals surface area contributed by atoms with E-state index in [0.717, 1.165) is 10.0 Å². The van der Waals surface area contributed by atoms with Gasteiger partial charge in [-0.2, -0.15) is 4.98 Å². The third-order valence-corrected chi connectivity index (χ3v) is 4.20. The molecular weight excluding hydrogens is 366 g/mol. The topological polar surface area (TPSA) is 77.7 Å². The molecule has 122 valence electrons. The molecule has 1 aliphatic heterocycles. The van der Waals surface area contributed by atoms with Gasteiger partial charge >= 0.3 is 0 Å². The number of methoxy groups -OCH3 is 1. The number of halogens is 1. The molecule has 0 N–H and O–H groups in total. The normalized spacial score (nSPS) is 18.0. The van der Waals surface area contributed by atoms with Crippen LogP contribution >= 0.6 is 15.9 Å². The molecule has 0 aliphatic carbocycles. The highest BCUT2D eigenvalue weighted by Crippen LogP contribution is 2.26. The van der Waals surface area contributed by atoms with E-state index in [1.807, 2.05) is 18.2 Å². The molecule has 1 aromatic heterocycles. The lowest BCUT2D eigenvalue weighted by Crippen LogP contribution is -2.44. The number of hydrogen-bond acceptors (Lipinski definition) is 6. The Bertz CT molecular complexity index is 677. The Balaban J connectivity index is 1.80. The summed E-state index contributed by atoms with van der Waals surface area (Å²) in [5, 5.41) is 3.84. The van der Waals surface area contributed by atoms with Crippen LogP contribution in [0, 0.1) is 0 Å². The molecule has 2 heterocycles. The van der Waals surface area contributed by atoms with Crippen molar-refractivity contribution in [3.8, 4) is 5.75 Å². The van der Waals surface area contributed by atoms with E-state index in [0.29, 0.717) is 31.3 Å². The molecule has 0 bridgehead atoms. The first-order valence-electron chi connectivity index (χ1n) is 7.15. The fourth-order valence-corrected chi connectivity index (χ4v) is 3.00. The first kappa shape index (κ1) is 15.9. The lowest BCUT2D eigenvalue weighted by Gasteiger charge is -2.33. The molecule has 1 aromatic carbocycles. The molecule has 1 saturated heterocycles. The van der Waals surface area contributed by atoms with Crippen molar-refractivity contribution in [1.29, 1.82) is 0 Å². The number of rotatable bonds is 4. The lowest BCUT2D eigenvalue weighted by molar-refractivity contribution is -0.139. The highest BCUT2D eigenvalue weighted by Gasteiger charge is 2.31. The number of benzene rings is 1. The molecule has 23 heavy (non-hydrogen) atoms. The summed E-state index contributed by atoms with van der Waals surface area (Å²) in [7, 11) is 1.59. The fourth-order valence-electron chi connectivity index (χ4n) is 2.59. The SMILES string of the molecule is COc1ccc(Br)cc1CC(=O)N1CCOC[C@H]1c1ncon1. The van der Waals surface area contributed by atoms with Gasteiger partial charge in [0.1, 0.15) is 11.8 Å². The van der Waals surface area contributed by atoms with E-state index in [1.54, 1.807) is 12.0 Å². The van der Waals surface area contributed by atoms with Crippen LogP contribution in [0.2, 0.25) is 0 Å². The maximum absolute atomic E-state index is 12.8. The van der Waals surface area contributed by atoms with E-state index >= 15 is 0 Å². The van der Waals surface area contributed by atoms with Gasteiger partial charge in [-0.3, -0.25) is 4.79 Å². The van der Waals surface area contributed by atoms with E-state index in [2.05, 4.69) is 26.1 Å². The zero-order valence-electron chi connectivity index (χ0n) is 12.6. The maximum Gasteiger partial charge on any atom is 0.227 e. The standard InChI is InChI=1S/C15H16BrN3O4/c1-21-13-3-2-11(16)6-10(13)7-14(20)19-4-5-22-8-12(19)15-17-9-23-18-15/h2-3,6,9,12H,4-5,7-8H2,1H3/t12-/m0/s1. The van der Waals surface area contributed by atoms with Gasteiger partial charge in [0.05, 0.1) is 26.7 Å². The predicted octanol–water partition coefficient (Wildman–Crippen LogP) is 1.98. The predicted molar refractivity (Wildman–Crippen MR) is 84.0 cm³/mol. The van der Waals surface area contributed by atoms with Crippen molar-refractivity contribution >= 4 is 21.8 Å². The summed E-state index contributed by atoms with van der Waals surface area (Å²) < 4.78 is 16.5. The number of ether oxygens (including phenoxy) is 2. The molecule has 0 radical (unpaired) electrons. The van der Waals surface area contributed by atoms with E-state index in [4.69, 9.17) is 14.0 Å². The molecule has 0 spiro atoms. The van der Waals surface area contributed by atoms with Gasteiger partial charge in [-0.05, 0) is 18.2 Å². The van der Waals surface area contributed by atoms with Gasteiger partial charge in [0.2, 0.25) is 12.3 Å². The van der Waals surface area contributed by atoms with Gasteiger partial charge < -0.3 is 18.9 Å². The molecular formula is C15H16BrN3O4. The van der Waals surface area contributed by atoms with Crippen molar-refractivity contribution in [1.82, 2.24) is 15.0 Å². The van der Waals surface area contributed by atoms with Gasteiger partial charge in [0, 0.05) is 16.6 Å². The number of aromatic nitrogens is 2. The maximum atomic E-state index is 12.8.